The number of methoxy groups -OCH3 is 1. The first-order chi connectivity index (χ1) is 10.0. The van der Waals surface area contributed by atoms with Crippen LogP contribution in [0.2, 0.25) is 0 Å². The van der Waals surface area contributed by atoms with Crippen molar-refractivity contribution in [2.24, 2.45) is 0 Å². The van der Waals surface area contributed by atoms with Gasteiger partial charge in [-0.05, 0) is 42.0 Å². The Morgan fingerprint density at radius 2 is 2.05 bits per heavy atom. The van der Waals surface area contributed by atoms with Gasteiger partial charge in [-0.25, -0.2) is 4.79 Å². The maximum atomic E-state index is 12.4. The van der Waals surface area contributed by atoms with Gasteiger partial charge in [-0.2, -0.15) is 0 Å². The van der Waals surface area contributed by atoms with Gasteiger partial charge in [0.25, 0.3) is 0 Å². The topological polar surface area (TPSA) is 63.6 Å². The lowest BCUT2D eigenvalue weighted by Crippen LogP contribution is -2.01. The molecule has 0 aliphatic carbocycles. The third kappa shape index (κ3) is 3.92. The number of benzene rings is 2. The van der Waals surface area contributed by atoms with Crippen LogP contribution < -0.4 is 4.74 Å². The molecule has 110 valence electrons. The average molecular weight is 369 g/mol. The molecule has 0 aromatic heterocycles. The highest BCUT2D eigenvalue weighted by atomic mass is 79.9. The molecule has 4 nitrogen and oxygen atoms in total. The van der Waals surface area contributed by atoms with Gasteiger partial charge in [-0.15, -0.1) is 0 Å². The second kappa shape index (κ2) is 6.87. The Bertz CT molecular complexity index is 700. The largest absolute Gasteiger partial charge is 0.497 e. The first-order valence-electron chi connectivity index (χ1n) is 6.05. The molecule has 0 heterocycles. The van der Waals surface area contributed by atoms with Crippen LogP contribution in [0.15, 0.2) is 51.8 Å². The van der Waals surface area contributed by atoms with E-state index in [1.807, 2.05) is 18.2 Å². The first kappa shape index (κ1) is 15.7. The number of ether oxygens (including phenoxy) is 1. The molecule has 0 saturated carbocycles. The maximum absolute atomic E-state index is 12.4. The van der Waals surface area contributed by atoms with E-state index in [1.165, 1.54) is 12.1 Å². The van der Waals surface area contributed by atoms with Crippen LogP contribution in [0.1, 0.15) is 15.9 Å². The smallest absolute Gasteiger partial charge is 0.335 e. The van der Waals surface area contributed by atoms with E-state index in [0.29, 0.717) is 10.6 Å². The normalized spacial score (nSPS) is 11.9. The van der Waals surface area contributed by atoms with Crippen molar-refractivity contribution in [3.05, 3.63) is 58.1 Å². The molecule has 0 saturated heterocycles. The van der Waals surface area contributed by atoms with Crippen LogP contribution in [0.4, 0.5) is 0 Å². The molecule has 1 N–H and O–H groups in total. The third-order valence-electron chi connectivity index (χ3n) is 2.88. The van der Waals surface area contributed by atoms with E-state index >= 15 is 0 Å². The predicted octanol–water partition coefficient (Wildman–Crippen LogP) is 3.46. The van der Waals surface area contributed by atoms with Crippen molar-refractivity contribution in [3.8, 4) is 5.75 Å². The molecule has 0 spiro atoms. The summed E-state index contributed by atoms with van der Waals surface area (Å²) < 4.78 is 18.4. The Morgan fingerprint density at radius 3 is 2.71 bits per heavy atom. The van der Waals surface area contributed by atoms with Crippen LogP contribution in [-0.4, -0.2) is 22.4 Å². The van der Waals surface area contributed by atoms with Crippen molar-refractivity contribution in [2.45, 2.75) is 10.6 Å². The summed E-state index contributed by atoms with van der Waals surface area (Å²) in [5.74, 6) is -0.0678. The van der Waals surface area contributed by atoms with Crippen LogP contribution in [-0.2, 0) is 16.6 Å². The van der Waals surface area contributed by atoms with Crippen molar-refractivity contribution in [2.75, 3.05) is 7.11 Å². The Balaban J connectivity index is 2.25. The zero-order valence-corrected chi connectivity index (χ0v) is 13.6. The molecule has 2 aromatic rings. The van der Waals surface area contributed by atoms with Crippen LogP contribution in [0.3, 0.4) is 0 Å². The quantitative estimate of drug-likeness (QED) is 0.877. The maximum Gasteiger partial charge on any atom is 0.335 e. The fraction of sp³-hybridized carbons (Fsp3) is 0.133. The summed E-state index contributed by atoms with van der Waals surface area (Å²) in [7, 11) is 0.239. The van der Waals surface area contributed by atoms with E-state index in [0.717, 1.165) is 10.0 Å². The molecular formula is C15H13BrO4S. The average Bonchev–Trinajstić information content (AvgIpc) is 2.49. The lowest BCUT2D eigenvalue weighted by molar-refractivity contribution is 0.0696. The molecule has 0 radical (unpaired) electrons. The van der Waals surface area contributed by atoms with Crippen LogP contribution in [0.25, 0.3) is 0 Å². The number of halogens is 1. The lowest BCUT2D eigenvalue weighted by atomic mass is 10.2. The summed E-state index contributed by atoms with van der Waals surface area (Å²) in [5, 5.41) is 8.97. The van der Waals surface area contributed by atoms with Crippen molar-refractivity contribution < 1.29 is 18.8 Å². The van der Waals surface area contributed by atoms with Crippen LogP contribution >= 0.6 is 15.9 Å². The molecule has 2 aromatic carbocycles. The van der Waals surface area contributed by atoms with Gasteiger partial charge in [0.15, 0.2) is 0 Å². The number of carbonyl (C=O) groups is 1. The Morgan fingerprint density at radius 1 is 1.29 bits per heavy atom. The van der Waals surface area contributed by atoms with Crippen LogP contribution in [0.5, 0.6) is 5.75 Å². The Hall–Kier alpha value is -1.66. The number of hydrogen-bond donors (Lipinski definition) is 1. The summed E-state index contributed by atoms with van der Waals surface area (Å²) in [6.07, 6.45) is 0. The van der Waals surface area contributed by atoms with Crippen molar-refractivity contribution in [1.82, 2.24) is 0 Å². The Kier molecular flexibility index (Phi) is 5.14. The molecule has 2 rings (SSSR count). The highest BCUT2D eigenvalue weighted by Crippen LogP contribution is 2.25. The molecule has 1 unspecified atom stereocenters. The van der Waals surface area contributed by atoms with Gasteiger partial charge in [0.1, 0.15) is 5.75 Å². The molecular weight excluding hydrogens is 356 g/mol. The minimum atomic E-state index is -1.33. The zero-order chi connectivity index (χ0) is 15.4. The van der Waals surface area contributed by atoms with Gasteiger partial charge >= 0.3 is 5.97 Å². The summed E-state index contributed by atoms with van der Waals surface area (Å²) in [4.78, 5) is 11.4. The van der Waals surface area contributed by atoms with Crippen molar-refractivity contribution in [3.63, 3.8) is 0 Å². The van der Waals surface area contributed by atoms with E-state index in [-0.39, 0.29) is 11.3 Å². The molecule has 0 fully saturated rings. The van der Waals surface area contributed by atoms with Crippen molar-refractivity contribution in [1.29, 1.82) is 0 Å². The second-order valence-electron chi connectivity index (χ2n) is 4.28. The zero-order valence-electron chi connectivity index (χ0n) is 11.2. The second-order valence-corrected chi connectivity index (χ2v) is 6.59. The van der Waals surface area contributed by atoms with Crippen LogP contribution in [0, 0.1) is 0 Å². The minimum Gasteiger partial charge on any atom is -0.497 e. The number of carboxylic acids is 1. The molecule has 0 aliphatic heterocycles. The van der Waals surface area contributed by atoms with E-state index in [4.69, 9.17) is 9.84 Å². The SMILES string of the molecule is COc1ccc(Br)c(CS(=O)c2cccc(C(=O)O)c2)c1. The Labute approximate surface area is 133 Å². The van der Waals surface area contributed by atoms with Gasteiger partial charge in [-0.3, -0.25) is 4.21 Å². The predicted molar refractivity (Wildman–Crippen MR) is 84.2 cm³/mol. The fourth-order valence-electron chi connectivity index (χ4n) is 1.78. The fourth-order valence-corrected chi connectivity index (χ4v) is 3.53. The lowest BCUT2D eigenvalue weighted by Gasteiger charge is -2.08. The van der Waals surface area contributed by atoms with Crippen molar-refractivity contribution >= 4 is 32.7 Å². The first-order valence-corrected chi connectivity index (χ1v) is 8.16. The van der Waals surface area contributed by atoms with Gasteiger partial charge in [0.05, 0.1) is 29.2 Å². The number of rotatable bonds is 5. The molecule has 0 amide bonds. The van der Waals surface area contributed by atoms with Gasteiger partial charge in [0, 0.05) is 9.37 Å². The number of aromatic carboxylic acids is 1. The molecule has 1 atom stereocenters. The van der Waals surface area contributed by atoms with Gasteiger partial charge < -0.3 is 9.84 Å². The van der Waals surface area contributed by atoms with E-state index < -0.39 is 16.8 Å². The summed E-state index contributed by atoms with van der Waals surface area (Å²) in [6.45, 7) is 0. The third-order valence-corrected chi connectivity index (χ3v) is 5.01. The monoisotopic (exact) mass is 368 g/mol. The number of hydrogen-bond acceptors (Lipinski definition) is 3. The highest BCUT2D eigenvalue weighted by Gasteiger charge is 2.11. The molecule has 21 heavy (non-hydrogen) atoms. The summed E-state index contributed by atoms with van der Waals surface area (Å²) >= 11 is 3.41. The number of carboxylic acid groups (broad SMARTS) is 1. The summed E-state index contributed by atoms with van der Waals surface area (Å²) in [6, 6.07) is 11.6. The van der Waals surface area contributed by atoms with E-state index in [2.05, 4.69) is 15.9 Å². The summed E-state index contributed by atoms with van der Waals surface area (Å²) in [5.41, 5.74) is 0.971. The highest BCUT2D eigenvalue weighted by molar-refractivity contribution is 9.10. The molecule has 0 aliphatic rings. The minimum absolute atomic E-state index is 0.130. The molecule has 0 bridgehead atoms. The van der Waals surface area contributed by atoms with Gasteiger partial charge in [0.2, 0.25) is 0 Å². The van der Waals surface area contributed by atoms with E-state index in [9.17, 15) is 9.00 Å². The standard InChI is InChI=1S/C15H13BrO4S/c1-20-12-5-6-14(16)11(7-12)9-21(19)13-4-2-3-10(8-13)15(17)18/h2-8H,9H2,1H3,(H,17,18). The van der Waals surface area contributed by atoms with E-state index in [1.54, 1.807) is 19.2 Å². The molecule has 6 heteroatoms. The van der Waals surface area contributed by atoms with Gasteiger partial charge in [-0.1, -0.05) is 22.0 Å².